The summed E-state index contributed by atoms with van der Waals surface area (Å²) in [5, 5.41) is 0. The second kappa shape index (κ2) is 5.92. The van der Waals surface area contributed by atoms with E-state index < -0.39 is 10.1 Å². The second-order valence-electron chi connectivity index (χ2n) is 4.92. The van der Waals surface area contributed by atoms with Gasteiger partial charge in [0, 0.05) is 5.56 Å². The van der Waals surface area contributed by atoms with Crippen molar-refractivity contribution in [3.05, 3.63) is 53.6 Å². The summed E-state index contributed by atoms with van der Waals surface area (Å²) in [5.41, 5.74) is 1.17. The van der Waals surface area contributed by atoms with Crippen LogP contribution in [0.15, 0.2) is 47.4 Å². The van der Waals surface area contributed by atoms with Gasteiger partial charge in [-0.3, -0.25) is 4.79 Å². The minimum atomic E-state index is -4.01. The van der Waals surface area contributed by atoms with Crippen molar-refractivity contribution in [3.63, 3.8) is 0 Å². The van der Waals surface area contributed by atoms with E-state index in [0.29, 0.717) is 11.1 Å². The normalized spacial score (nSPS) is 13.9. The number of esters is 1. The summed E-state index contributed by atoms with van der Waals surface area (Å²) in [5.74, 6) is -0.0397. The van der Waals surface area contributed by atoms with Crippen LogP contribution in [0, 0.1) is 0 Å². The maximum Gasteiger partial charge on any atom is 0.339 e. The maximum absolute atomic E-state index is 12.4. The van der Waals surface area contributed by atoms with E-state index in [4.69, 9.17) is 13.7 Å². The first-order valence-electron chi connectivity index (χ1n) is 6.85. The molecule has 1 heterocycles. The number of ether oxygens (including phenoxy) is 2. The van der Waals surface area contributed by atoms with E-state index in [-0.39, 0.29) is 35.4 Å². The van der Waals surface area contributed by atoms with E-state index in [1.165, 1.54) is 19.2 Å². The van der Waals surface area contributed by atoms with Gasteiger partial charge in [-0.2, -0.15) is 8.42 Å². The highest BCUT2D eigenvalue weighted by atomic mass is 32.2. The Morgan fingerprint density at radius 3 is 2.52 bits per heavy atom. The Morgan fingerprint density at radius 2 is 1.83 bits per heavy atom. The summed E-state index contributed by atoms with van der Waals surface area (Å²) in [6, 6.07) is 11.1. The Morgan fingerprint density at radius 1 is 1.09 bits per heavy atom. The Hall–Kier alpha value is -2.54. The van der Waals surface area contributed by atoms with Gasteiger partial charge in [0.25, 0.3) is 0 Å². The summed E-state index contributed by atoms with van der Waals surface area (Å²) in [7, 11) is -2.60. The zero-order chi connectivity index (χ0) is 16.4. The van der Waals surface area contributed by atoms with Gasteiger partial charge in [0.05, 0.1) is 13.5 Å². The van der Waals surface area contributed by atoms with Gasteiger partial charge < -0.3 is 13.7 Å². The Kier molecular flexibility index (Phi) is 3.96. The molecule has 3 rings (SSSR count). The minimum absolute atomic E-state index is 0.0347. The molecule has 120 valence electrons. The van der Waals surface area contributed by atoms with Crippen LogP contribution in [0.2, 0.25) is 0 Å². The van der Waals surface area contributed by atoms with Crippen LogP contribution in [0.5, 0.6) is 11.5 Å². The molecule has 1 aliphatic rings. The Labute approximate surface area is 133 Å². The fourth-order valence-corrected chi connectivity index (χ4v) is 3.32. The van der Waals surface area contributed by atoms with Crippen LogP contribution in [0.4, 0.5) is 0 Å². The lowest BCUT2D eigenvalue weighted by Crippen LogP contribution is -2.19. The van der Waals surface area contributed by atoms with Crippen molar-refractivity contribution in [1.29, 1.82) is 0 Å². The number of carbonyl (C=O) groups is 1. The first-order valence-corrected chi connectivity index (χ1v) is 8.26. The van der Waals surface area contributed by atoms with Gasteiger partial charge in [-0.15, -0.1) is 0 Å². The topological polar surface area (TPSA) is 78.9 Å². The molecule has 0 amide bonds. The summed E-state index contributed by atoms with van der Waals surface area (Å²) in [6.45, 7) is -0.0506. The van der Waals surface area contributed by atoms with Crippen molar-refractivity contribution in [3.8, 4) is 11.5 Å². The third kappa shape index (κ3) is 3.00. The highest BCUT2D eigenvalue weighted by molar-refractivity contribution is 7.87. The Balaban J connectivity index is 2.06. The summed E-state index contributed by atoms with van der Waals surface area (Å²) in [6.07, 6.45) is 0.0705. The molecule has 0 N–H and O–H groups in total. The van der Waals surface area contributed by atoms with Crippen LogP contribution in [0.25, 0.3) is 0 Å². The molecule has 0 bridgehead atoms. The number of hydrogen-bond acceptors (Lipinski definition) is 6. The summed E-state index contributed by atoms with van der Waals surface area (Å²) >= 11 is 0. The van der Waals surface area contributed by atoms with Crippen molar-refractivity contribution >= 4 is 16.1 Å². The quantitative estimate of drug-likeness (QED) is 0.629. The lowest BCUT2D eigenvalue weighted by atomic mass is 10.0. The molecule has 0 aliphatic carbocycles. The predicted octanol–water partition coefficient (Wildman–Crippen LogP) is 2.06. The summed E-state index contributed by atoms with van der Waals surface area (Å²) in [4.78, 5) is 11.4. The van der Waals surface area contributed by atoms with Crippen molar-refractivity contribution in [2.24, 2.45) is 0 Å². The number of cyclic esters (lactones) is 1. The molecule has 0 saturated carbocycles. The number of carbonyl (C=O) groups excluding carboxylic acids is 1. The molecular formula is C16H14O6S. The molecule has 0 fully saturated rings. The SMILES string of the molecule is COc1ccc2c(c1OS(=O)(=O)c1ccccc1)COC(=O)C2. The molecule has 6 nitrogen and oxygen atoms in total. The molecule has 0 aromatic heterocycles. The molecule has 2 aromatic rings. The van der Waals surface area contributed by atoms with Gasteiger partial charge in [0.15, 0.2) is 11.5 Å². The van der Waals surface area contributed by atoms with E-state index >= 15 is 0 Å². The highest BCUT2D eigenvalue weighted by Gasteiger charge is 2.27. The van der Waals surface area contributed by atoms with Crippen molar-refractivity contribution in [1.82, 2.24) is 0 Å². The molecule has 0 saturated heterocycles. The van der Waals surface area contributed by atoms with Gasteiger partial charge in [0.1, 0.15) is 11.5 Å². The van der Waals surface area contributed by atoms with Gasteiger partial charge in [-0.05, 0) is 23.8 Å². The van der Waals surface area contributed by atoms with Crippen LogP contribution < -0.4 is 8.92 Å². The molecular weight excluding hydrogens is 320 g/mol. The van der Waals surface area contributed by atoms with Crippen molar-refractivity contribution < 1.29 is 26.9 Å². The Bertz CT molecular complexity index is 842. The average Bonchev–Trinajstić information content (AvgIpc) is 2.55. The van der Waals surface area contributed by atoms with Gasteiger partial charge in [0.2, 0.25) is 0 Å². The molecule has 23 heavy (non-hydrogen) atoms. The van der Waals surface area contributed by atoms with Crippen LogP contribution in [-0.2, 0) is 32.7 Å². The van der Waals surface area contributed by atoms with Crippen LogP contribution in [0.3, 0.4) is 0 Å². The molecule has 2 aromatic carbocycles. The van der Waals surface area contributed by atoms with Crippen molar-refractivity contribution in [2.75, 3.05) is 7.11 Å². The first-order chi connectivity index (χ1) is 11.0. The molecule has 7 heteroatoms. The number of fused-ring (bicyclic) bond motifs is 1. The van der Waals surface area contributed by atoms with Gasteiger partial charge in [-0.1, -0.05) is 24.3 Å². The smallest absolute Gasteiger partial charge is 0.339 e. The number of benzene rings is 2. The van der Waals surface area contributed by atoms with E-state index in [0.717, 1.165) is 0 Å². The number of hydrogen-bond donors (Lipinski definition) is 0. The third-order valence-electron chi connectivity index (χ3n) is 3.48. The largest absolute Gasteiger partial charge is 0.493 e. The van der Waals surface area contributed by atoms with E-state index in [1.807, 2.05) is 0 Å². The average molecular weight is 334 g/mol. The lowest BCUT2D eigenvalue weighted by molar-refractivity contribution is -0.145. The zero-order valence-electron chi connectivity index (χ0n) is 12.3. The molecule has 0 spiro atoms. The zero-order valence-corrected chi connectivity index (χ0v) is 13.1. The number of methoxy groups -OCH3 is 1. The number of rotatable bonds is 4. The molecule has 0 radical (unpaired) electrons. The molecule has 0 unspecified atom stereocenters. The fourth-order valence-electron chi connectivity index (χ4n) is 2.33. The standard InChI is InChI=1S/C16H14O6S/c1-20-14-8-7-11-9-15(17)21-10-13(11)16(14)22-23(18,19)12-5-3-2-4-6-12/h2-8H,9-10H2,1H3. The summed E-state index contributed by atoms with van der Waals surface area (Å²) < 4.78 is 40.4. The highest BCUT2D eigenvalue weighted by Crippen LogP contribution is 2.38. The fraction of sp³-hybridized carbons (Fsp3) is 0.188. The van der Waals surface area contributed by atoms with Crippen LogP contribution in [-0.4, -0.2) is 21.5 Å². The van der Waals surface area contributed by atoms with E-state index in [2.05, 4.69) is 0 Å². The predicted molar refractivity (Wildman–Crippen MR) is 80.7 cm³/mol. The van der Waals surface area contributed by atoms with E-state index in [9.17, 15) is 13.2 Å². The lowest BCUT2D eigenvalue weighted by Gasteiger charge is -2.21. The minimum Gasteiger partial charge on any atom is -0.493 e. The second-order valence-corrected chi connectivity index (χ2v) is 6.47. The third-order valence-corrected chi connectivity index (χ3v) is 4.71. The van der Waals surface area contributed by atoms with Gasteiger partial charge in [-0.25, -0.2) is 0 Å². The monoisotopic (exact) mass is 334 g/mol. The first kappa shape index (κ1) is 15.4. The van der Waals surface area contributed by atoms with E-state index in [1.54, 1.807) is 30.3 Å². The van der Waals surface area contributed by atoms with Gasteiger partial charge >= 0.3 is 16.1 Å². The maximum atomic E-state index is 12.4. The van der Waals surface area contributed by atoms with Crippen LogP contribution >= 0.6 is 0 Å². The van der Waals surface area contributed by atoms with Crippen molar-refractivity contribution in [2.45, 2.75) is 17.9 Å². The van der Waals surface area contributed by atoms with Crippen LogP contribution in [0.1, 0.15) is 11.1 Å². The molecule has 0 atom stereocenters. The molecule has 1 aliphatic heterocycles.